The Morgan fingerprint density at radius 1 is 1.20 bits per heavy atom. The molecule has 0 saturated heterocycles. The number of rotatable bonds is 8. The number of alkyl halides is 1. The minimum Gasteiger partial charge on any atom is -0.414 e. The summed E-state index contributed by atoms with van der Waals surface area (Å²) in [4.78, 5) is 0. The first-order valence-corrected chi connectivity index (χ1v) is 20.6. The molecule has 2 N–H and O–H groups in total. The quantitative estimate of drug-likeness (QED) is 0.217. The second kappa shape index (κ2) is 11.4. The summed E-state index contributed by atoms with van der Waals surface area (Å²) in [6, 6.07) is 0. The van der Waals surface area contributed by atoms with Gasteiger partial charge in [0.1, 0.15) is 5.25 Å². The maximum Gasteiger partial charge on any atom is 0.225 e. The minimum absolute atomic E-state index is 0.0185. The Hall–Kier alpha value is -0.543. The molecule has 8 atom stereocenters. The molecule has 0 bridgehead atoms. The molecule has 1 aliphatic heterocycles. The fraction of sp³-hybridized carbons (Fsp3) is 0.879. The third kappa shape index (κ3) is 6.48. The van der Waals surface area contributed by atoms with Crippen molar-refractivity contribution in [2.24, 2.45) is 23.2 Å². The minimum atomic E-state index is -4.13. The Bertz CT molecular complexity index is 1150. The highest BCUT2D eigenvalue weighted by atomic mass is 32.2. The van der Waals surface area contributed by atoms with Crippen LogP contribution in [-0.2, 0) is 14.3 Å². The second-order valence-electron chi connectivity index (χ2n) is 16.3. The van der Waals surface area contributed by atoms with Crippen LogP contribution in [0, 0.1) is 23.2 Å². The standard InChI is InChI=1S/C33H57FO5SSi/c1-21(12-10-16-32(5,6)36)25-14-15-26-22(13-11-17-33(25,26)7)18-28-24-19-23(39-41(8,9)31(2,3)4)20-27(35)29(24)30(34)40(28,37)38/h18,21,23,25-28,30,35-36H,10-17,19-20H2,1-9H3/b22-18+/t21-,23-,25-,26+,27+,28+,30+,33-/m1/s1. The van der Waals surface area contributed by atoms with E-state index in [0.29, 0.717) is 29.7 Å². The molecule has 0 unspecified atom stereocenters. The van der Waals surface area contributed by atoms with Crippen LogP contribution in [0.25, 0.3) is 0 Å². The Kier molecular flexibility index (Phi) is 9.30. The topological polar surface area (TPSA) is 83.8 Å². The van der Waals surface area contributed by atoms with Gasteiger partial charge in [-0.2, -0.15) is 0 Å². The molecular weight excluding hydrogens is 556 g/mol. The number of hydrogen-bond acceptors (Lipinski definition) is 5. The molecule has 0 aromatic rings. The fourth-order valence-electron chi connectivity index (χ4n) is 8.46. The van der Waals surface area contributed by atoms with Gasteiger partial charge < -0.3 is 14.6 Å². The predicted octanol–water partition coefficient (Wildman–Crippen LogP) is 7.64. The lowest BCUT2D eigenvalue weighted by molar-refractivity contribution is 0.0596. The van der Waals surface area contributed by atoms with Crippen LogP contribution in [0.1, 0.15) is 113 Å². The van der Waals surface area contributed by atoms with Gasteiger partial charge in [0, 0.05) is 12.0 Å². The average Bonchev–Trinajstić information content (AvgIpc) is 3.25. The van der Waals surface area contributed by atoms with Gasteiger partial charge in [-0.1, -0.05) is 59.1 Å². The summed E-state index contributed by atoms with van der Waals surface area (Å²) < 4.78 is 49.3. The summed E-state index contributed by atoms with van der Waals surface area (Å²) in [6.45, 7) is 19.3. The van der Waals surface area contributed by atoms with E-state index in [0.717, 1.165) is 51.4 Å². The maximum atomic E-state index is 15.6. The van der Waals surface area contributed by atoms with E-state index in [1.165, 1.54) is 5.57 Å². The van der Waals surface area contributed by atoms with E-state index in [-0.39, 0.29) is 28.6 Å². The molecule has 0 aromatic carbocycles. The van der Waals surface area contributed by atoms with E-state index < -0.39 is 40.6 Å². The molecule has 4 rings (SSSR count). The van der Waals surface area contributed by atoms with Crippen molar-refractivity contribution in [3.63, 3.8) is 0 Å². The first-order chi connectivity index (χ1) is 18.7. The smallest absolute Gasteiger partial charge is 0.225 e. The van der Waals surface area contributed by atoms with E-state index >= 15 is 4.39 Å². The molecule has 8 heteroatoms. The number of fused-ring (bicyclic) bond motifs is 1. The van der Waals surface area contributed by atoms with Crippen LogP contribution < -0.4 is 0 Å². The molecule has 2 saturated carbocycles. The first-order valence-electron chi connectivity index (χ1n) is 16.1. The normalized spacial score (nSPS) is 37.8. The second-order valence-corrected chi connectivity index (χ2v) is 23.1. The summed E-state index contributed by atoms with van der Waals surface area (Å²) in [7, 11) is -6.28. The predicted molar refractivity (Wildman–Crippen MR) is 168 cm³/mol. The largest absolute Gasteiger partial charge is 0.414 e. The van der Waals surface area contributed by atoms with E-state index in [4.69, 9.17) is 4.43 Å². The van der Waals surface area contributed by atoms with Crippen molar-refractivity contribution in [2.45, 2.75) is 159 Å². The summed E-state index contributed by atoms with van der Waals surface area (Å²) in [6.07, 6.45) is 9.16. The van der Waals surface area contributed by atoms with Gasteiger partial charge in [-0.3, -0.25) is 0 Å². The van der Waals surface area contributed by atoms with Gasteiger partial charge in [-0.05, 0) is 106 Å². The van der Waals surface area contributed by atoms with Gasteiger partial charge in [-0.25, -0.2) is 12.8 Å². The molecule has 4 aliphatic rings. The Morgan fingerprint density at radius 3 is 2.46 bits per heavy atom. The SMILES string of the molecule is C[C@H](CCCC(C)(C)O)[C@H]1CC[C@H]2/C(=C/[C@H]3C4=C([C@@H](F)S3(=O)=O)[C@@H](O)C[C@H](O[Si](C)(C)C(C)(C)C)C4)CCC[C@]12C. The molecule has 5 nitrogen and oxygen atoms in total. The van der Waals surface area contributed by atoms with Gasteiger partial charge in [0.15, 0.2) is 18.2 Å². The van der Waals surface area contributed by atoms with Crippen LogP contribution in [0.3, 0.4) is 0 Å². The van der Waals surface area contributed by atoms with Crippen molar-refractivity contribution in [1.82, 2.24) is 0 Å². The first kappa shape index (κ1) is 33.4. The molecule has 1 heterocycles. The zero-order valence-electron chi connectivity index (χ0n) is 27.1. The van der Waals surface area contributed by atoms with Gasteiger partial charge >= 0.3 is 0 Å². The number of allylic oxidation sites excluding steroid dienone is 1. The summed E-state index contributed by atoms with van der Waals surface area (Å²) in [5, 5.41) is 20.2. The van der Waals surface area contributed by atoms with Crippen molar-refractivity contribution in [3.8, 4) is 0 Å². The molecule has 0 amide bonds. The Morgan fingerprint density at radius 2 is 1.85 bits per heavy atom. The Labute approximate surface area is 250 Å². The molecular formula is C33H57FO5SSi. The Balaban J connectivity index is 1.59. The number of sulfone groups is 1. The highest BCUT2D eigenvalue weighted by Crippen LogP contribution is 2.60. The summed E-state index contributed by atoms with van der Waals surface area (Å²) >= 11 is 0. The maximum absolute atomic E-state index is 15.6. The lowest BCUT2D eigenvalue weighted by Crippen LogP contribution is -2.46. The lowest BCUT2D eigenvalue weighted by atomic mass is 9.60. The van der Waals surface area contributed by atoms with Crippen molar-refractivity contribution >= 4 is 18.2 Å². The van der Waals surface area contributed by atoms with Crippen LogP contribution in [-0.4, -0.2) is 55.5 Å². The third-order valence-electron chi connectivity index (χ3n) is 11.7. The van der Waals surface area contributed by atoms with Crippen molar-refractivity contribution in [3.05, 3.63) is 22.8 Å². The van der Waals surface area contributed by atoms with Crippen molar-refractivity contribution < 1.29 is 27.4 Å². The number of halogens is 1. The van der Waals surface area contributed by atoms with Crippen LogP contribution in [0.5, 0.6) is 0 Å². The fourth-order valence-corrected chi connectivity index (χ4v) is 11.7. The number of aliphatic hydroxyl groups is 2. The highest BCUT2D eigenvalue weighted by molar-refractivity contribution is 7.93. The van der Waals surface area contributed by atoms with Crippen LogP contribution in [0.15, 0.2) is 22.8 Å². The molecule has 0 spiro atoms. The molecule has 0 aromatic heterocycles. The molecule has 0 radical (unpaired) electrons. The van der Waals surface area contributed by atoms with E-state index in [1.807, 2.05) is 19.9 Å². The molecule has 236 valence electrons. The third-order valence-corrected chi connectivity index (χ3v) is 18.2. The molecule has 3 aliphatic carbocycles. The van der Waals surface area contributed by atoms with E-state index in [1.54, 1.807) is 0 Å². The van der Waals surface area contributed by atoms with Gasteiger partial charge in [0.2, 0.25) is 5.50 Å². The summed E-state index contributed by atoms with van der Waals surface area (Å²) in [5.74, 6) is 1.40. The van der Waals surface area contributed by atoms with E-state index in [9.17, 15) is 18.6 Å². The van der Waals surface area contributed by atoms with E-state index in [2.05, 4.69) is 47.7 Å². The lowest BCUT2D eigenvalue weighted by Gasteiger charge is -2.45. The summed E-state index contributed by atoms with van der Waals surface area (Å²) in [5.41, 5.74) is -0.850. The molecule has 41 heavy (non-hydrogen) atoms. The van der Waals surface area contributed by atoms with Gasteiger partial charge in [-0.15, -0.1) is 0 Å². The van der Waals surface area contributed by atoms with Crippen LogP contribution in [0.2, 0.25) is 18.1 Å². The van der Waals surface area contributed by atoms with Crippen molar-refractivity contribution in [1.29, 1.82) is 0 Å². The van der Waals surface area contributed by atoms with Crippen LogP contribution >= 0.6 is 0 Å². The number of hydrogen-bond donors (Lipinski definition) is 2. The van der Waals surface area contributed by atoms with Crippen molar-refractivity contribution in [2.75, 3.05) is 0 Å². The number of aliphatic hydroxyl groups excluding tert-OH is 1. The monoisotopic (exact) mass is 612 g/mol. The zero-order chi connectivity index (χ0) is 30.8. The average molecular weight is 613 g/mol. The van der Waals surface area contributed by atoms with Crippen LogP contribution in [0.4, 0.5) is 4.39 Å². The zero-order valence-corrected chi connectivity index (χ0v) is 28.9. The molecule has 2 fully saturated rings. The highest BCUT2D eigenvalue weighted by Gasteiger charge is 2.55. The van der Waals surface area contributed by atoms with Gasteiger partial charge in [0.25, 0.3) is 0 Å². The van der Waals surface area contributed by atoms with Gasteiger partial charge in [0.05, 0.1) is 17.8 Å².